The average molecular weight is 276 g/mol. The zero-order chi connectivity index (χ0) is 14.7. The molecule has 20 heavy (non-hydrogen) atoms. The number of hydrogen-bond donors (Lipinski definition) is 0. The SMILES string of the molecule is CC1CC(C)CN(CC(=O)c2ccc([N+](=O)[O-])cc2)C1. The number of hydrogen-bond acceptors (Lipinski definition) is 4. The minimum absolute atomic E-state index is 0.0155. The van der Waals surface area contributed by atoms with Gasteiger partial charge < -0.3 is 0 Å². The van der Waals surface area contributed by atoms with E-state index in [0.29, 0.717) is 23.9 Å². The molecule has 0 spiro atoms. The van der Waals surface area contributed by atoms with Crippen molar-refractivity contribution in [1.29, 1.82) is 0 Å². The second-order valence-electron chi connectivity index (χ2n) is 5.87. The van der Waals surface area contributed by atoms with Gasteiger partial charge in [0.2, 0.25) is 0 Å². The molecule has 1 fully saturated rings. The zero-order valence-corrected chi connectivity index (χ0v) is 11.9. The van der Waals surface area contributed by atoms with Crippen LogP contribution in [0.5, 0.6) is 0 Å². The van der Waals surface area contributed by atoms with Crippen molar-refractivity contribution in [2.45, 2.75) is 20.3 Å². The number of benzene rings is 1. The Kier molecular flexibility index (Phi) is 4.49. The van der Waals surface area contributed by atoms with Gasteiger partial charge in [-0.05, 0) is 30.4 Å². The van der Waals surface area contributed by atoms with Crippen LogP contribution in [0.15, 0.2) is 24.3 Å². The summed E-state index contributed by atoms with van der Waals surface area (Å²) in [5.41, 5.74) is 0.559. The van der Waals surface area contributed by atoms with Gasteiger partial charge in [0, 0.05) is 30.8 Å². The second-order valence-corrected chi connectivity index (χ2v) is 5.87. The summed E-state index contributed by atoms with van der Waals surface area (Å²) in [6.07, 6.45) is 1.21. The van der Waals surface area contributed by atoms with Crippen molar-refractivity contribution in [3.8, 4) is 0 Å². The molecule has 0 aromatic heterocycles. The van der Waals surface area contributed by atoms with E-state index in [-0.39, 0.29) is 11.5 Å². The summed E-state index contributed by atoms with van der Waals surface area (Å²) < 4.78 is 0. The molecule has 108 valence electrons. The van der Waals surface area contributed by atoms with Crippen LogP contribution in [0.25, 0.3) is 0 Å². The fraction of sp³-hybridized carbons (Fsp3) is 0.533. The lowest BCUT2D eigenvalue weighted by atomic mass is 9.91. The van der Waals surface area contributed by atoms with Crippen LogP contribution < -0.4 is 0 Å². The number of carbonyl (C=O) groups excluding carboxylic acids is 1. The molecule has 5 heteroatoms. The summed E-state index contributed by atoms with van der Waals surface area (Å²) in [4.78, 5) is 24.5. The van der Waals surface area contributed by atoms with Crippen molar-refractivity contribution in [2.75, 3.05) is 19.6 Å². The molecule has 5 nitrogen and oxygen atoms in total. The molecule has 2 rings (SSSR count). The largest absolute Gasteiger partial charge is 0.295 e. The van der Waals surface area contributed by atoms with Gasteiger partial charge in [0.05, 0.1) is 11.5 Å². The van der Waals surface area contributed by atoms with E-state index in [1.807, 2.05) is 0 Å². The normalized spacial score (nSPS) is 23.5. The van der Waals surface area contributed by atoms with E-state index in [1.165, 1.54) is 30.7 Å². The Labute approximate surface area is 118 Å². The van der Waals surface area contributed by atoms with Crippen molar-refractivity contribution in [1.82, 2.24) is 4.90 Å². The molecule has 1 aromatic carbocycles. The minimum Gasteiger partial charge on any atom is -0.295 e. The van der Waals surface area contributed by atoms with E-state index in [4.69, 9.17) is 0 Å². The molecule has 0 saturated carbocycles. The Morgan fingerprint density at radius 2 is 1.80 bits per heavy atom. The van der Waals surface area contributed by atoms with Gasteiger partial charge in [-0.3, -0.25) is 19.8 Å². The minimum atomic E-state index is -0.456. The predicted molar refractivity (Wildman–Crippen MR) is 76.8 cm³/mol. The maximum Gasteiger partial charge on any atom is 0.269 e. The van der Waals surface area contributed by atoms with Crippen LogP contribution >= 0.6 is 0 Å². The smallest absolute Gasteiger partial charge is 0.269 e. The summed E-state index contributed by atoms with van der Waals surface area (Å²) in [5.74, 6) is 1.26. The number of carbonyl (C=O) groups is 1. The fourth-order valence-electron chi connectivity index (χ4n) is 2.98. The van der Waals surface area contributed by atoms with Crippen LogP contribution in [0.2, 0.25) is 0 Å². The number of rotatable bonds is 4. The molecule has 0 N–H and O–H groups in total. The van der Waals surface area contributed by atoms with Crippen LogP contribution in [-0.4, -0.2) is 35.2 Å². The van der Waals surface area contributed by atoms with E-state index in [1.54, 1.807) is 0 Å². The molecule has 1 heterocycles. The quantitative estimate of drug-likeness (QED) is 0.482. The maximum absolute atomic E-state index is 12.2. The Hall–Kier alpha value is -1.75. The first-order chi connectivity index (χ1) is 9.45. The molecule has 1 aliphatic rings. The number of Topliss-reactive ketones (excluding diaryl/α,β-unsaturated/α-hetero) is 1. The molecule has 2 atom stereocenters. The van der Waals surface area contributed by atoms with Gasteiger partial charge in [-0.2, -0.15) is 0 Å². The molecular weight excluding hydrogens is 256 g/mol. The van der Waals surface area contributed by atoms with Crippen molar-refractivity contribution >= 4 is 11.5 Å². The molecule has 0 radical (unpaired) electrons. The number of ketones is 1. The number of nitrogens with zero attached hydrogens (tertiary/aromatic N) is 2. The summed E-state index contributed by atoms with van der Waals surface area (Å²) in [7, 11) is 0. The summed E-state index contributed by atoms with van der Waals surface area (Å²) >= 11 is 0. The highest BCUT2D eigenvalue weighted by Crippen LogP contribution is 2.21. The zero-order valence-electron chi connectivity index (χ0n) is 11.9. The first-order valence-corrected chi connectivity index (χ1v) is 6.95. The van der Waals surface area contributed by atoms with E-state index in [9.17, 15) is 14.9 Å². The third-order valence-corrected chi connectivity index (χ3v) is 3.71. The lowest BCUT2D eigenvalue weighted by molar-refractivity contribution is -0.384. The highest BCUT2D eigenvalue weighted by atomic mass is 16.6. The molecule has 1 aliphatic heterocycles. The first-order valence-electron chi connectivity index (χ1n) is 6.95. The van der Waals surface area contributed by atoms with Crippen LogP contribution in [0.3, 0.4) is 0 Å². The number of non-ortho nitro benzene ring substituents is 1. The highest BCUT2D eigenvalue weighted by molar-refractivity contribution is 5.97. The van der Waals surface area contributed by atoms with Crippen LogP contribution in [0.1, 0.15) is 30.6 Å². The Balaban J connectivity index is 1.99. The third-order valence-electron chi connectivity index (χ3n) is 3.71. The second kappa shape index (κ2) is 6.13. The molecule has 1 saturated heterocycles. The van der Waals surface area contributed by atoms with E-state index in [2.05, 4.69) is 18.7 Å². The Bertz CT molecular complexity index is 488. The van der Waals surface area contributed by atoms with Crippen molar-refractivity contribution in [3.63, 3.8) is 0 Å². The van der Waals surface area contributed by atoms with E-state index < -0.39 is 4.92 Å². The summed E-state index contributed by atoms with van der Waals surface area (Å²) in [6.45, 7) is 6.71. The molecular formula is C15H20N2O3. The van der Waals surface area contributed by atoms with Crippen molar-refractivity contribution in [3.05, 3.63) is 39.9 Å². The summed E-state index contributed by atoms with van der Waals surface area (Å²) in [6, 6.07) is 5.85. The standard InChI is InChI=1S/C15H20N2O3/c1-11-7-12(2)9-16(8-11)10-15(18)13-3-5-14(6-4-13)17(19)20/h3-6,11-12H,7-10H2,1-2H3. The molecule has 1 aromatic rings. The van der Waals surface area contributed by atoms with Gasteiger partial charge in [0.25, 0.3) is 5.69 Å². The van der Waals surface area contributed by atoms with E-state index >= 15 is 0 Å². The monoisotopic (exact) mass is 276 g/mol. The Morgan fingerprint density at radius 1 is 1.25 bits per heavy atom. The number of nitro groups is 1. The molecule has 0 bridgehead atoms. The van der Waals surface area contributed by atoms with Crippen molar-refractivity contribution < 1.29 is 9.72 Å². The van der Waals surface area contributed by atoms with Crippen LogP contribution in [0.4, 0.5) is 5.69 Å². The van der Waals surface area contributed by atoms with Gasteiger partial charge in [-0.1, -0.05) is 13.8 Å². The molecule has 0 aliphatic carbocycles. The van der Waals surface area contributed by atoms with Gasteiger partial charge in [0.15, 0.2) is 5.78 Å². The topological polar surface area (TPSA) is 63.5 Å². The fourth-order valence-corrected chi connectivity index (χ4v) is 2.98. The number of nitro benzene ring substituents is 1. The van der Waals surface area contributed by atoms with Crippen LogP contribution in [-0.2, 0) is 0 Å². The summed E-state index contributed by atoms with van der Waals surface area (Å²) in [5, 5.41) is 10.6. The maximum atomic E-state index is 12.2. The number of piperidine rings is 1. The lowest BCUT2D eigenvalue weighted by Gasteiger charge is -2.34. The first kappa shape index (κ1) is 14.7. The van der Waals surface area contributed by atoms with E-state index in [0.717, 1.165) is 13.1 Å². The highest BCUT2D eigenvalue weighted by Gasteiger charge is 2.23. The average Bonchev–Trinajstić information content (AvgIpc) is 2.37. The Morgan fingerprint density at radius 3 is 2.30 bits per heavy atom. The molecule has 0 amide bonds. The van der Waals surface area contributed by atoms with Gasteiger partial charge in [-0.15, -0.1) is 0 Å². The van der Waals surface area contributed by atoms with Gasteiger partial charge in [0.1, 0.15) is 0 Å². The van der Waals surface area contributed by atoms with Gasteiger partial charge in [-0.25, -0.2) is 0 Å². The van der Waals surface area contributed by atoms with Crippen molar-refractivity contribution in [2.24, 2.45) is 11.8 Å². The molecule has 2 unspecified atom stereocenters. The number of likely N-dealkylation sites (tertiary alicyclic amines) is 1. The van der Waals surface area contributed by atoms with Gasteiger partial charge >= 0.3 is 0 Å². The third kappa shape index (κ3) is 3.63. The van der Waals surface area contributed by atoms with Crippen LogP contribution in [0, 0.1) is 22.0 Å². The predicted octanol–water partition coefficient (Wildman–Crippen LogP) is 2.76. The lowest BCUT2D eigenvalue weighted by Crippen LogP contribution is -2.41.